The number of benzene rings is 2. The van der Waals surface area contributed by atoms with Gasteiger partial charge in [0.25, 0.3) is 10.0 Å². The summed E-state index contributed by atoms with van der Waals surface area (Å²) in [6.07, 6.45) is 0. The zero-order valence-electron chi connectivity index (χ0n) is 12.5. The number of hydrogen-bond donors (Lipinski definition) is 0. The first-order valence-corrected chi connectivity index (χ1v) is 8.43. The van der Waals surface area contributed by atoms with Crippen molar-refractivity contribution in [2.45, 2.75) is 31.3 Å². The Morgan fingerprint density at radius 1 is 1.10 bits per heavy atom. The van der Waals surface area contributed by atoms with Crippen LogP contribution in [-0.2, 0) is 14.8 Å². The number of anilines is 1. The van der Waals surface area contributed by atoms with E-state index in [4.69, 9.17) is 4.74 Å². The van der Waals surface area contributed by atoms with Gasteiger partial charge in [0, 0.05) is 5.39 Å². The van der Waals surface area contributed by atoms with E-state index in [2.05, 4.69) is 0 Å². The standard InChI is InChI=1S/C16H19NO3S/c1-16(2,3)20-11-10-17-13-8-4-6-12-7-5-9-14(15(12)13)21(17,18)19/h4-9H,10-11H2,1-3H3. The van der Waals surface area contributed by atoms with E-state index in [1.165, 1.54) is 4.31 Å². The third-order valence-electron chi connectivity index (χ3n) is 3.51. The van der Waals surface area contributed by atoms with Gasteiger partial charge >= 0.3 is 0 Å². The fraction of sp³-hybridized carbons (Fsp3) is 0.375. The van der Waals surface area contributed by atoms with Crippen molar-refractivity contribution >= 4 is 26.5 Å². The summed E-state index contributed by atoms with van der Waals surface area (Å²) < 4.78 is 32.5. The molecule has 2 aromatic rings. The minimum absolute atomic E-state index is 0.275. The molecular weight excluding hydrogens is 286 g/mol. The molecule has 3 rings (SSSR count). The first-order chi connectivity index (χ1) is 9.81. The van der Waals surface area contributed by atoms with Crippen LogP contribution in [0.3, 0.4) is 0 Å². The number of sulfonamides is 1. The third-order valence-corrected chi connectivity index (χ3v) is 5.37. The second kappa shape index (κ2) is 4.71. The quantitative estimate of drug-likeness (QED) is 0.875. The van der Waals surface area contributed by atoms with Gasteiger partial charge in [0.2, 0.25) is 0 Å². The highest BCUT2D eigenvalue weighted by Crippen LogP contribution is 2.41. The van der Waals surface area contributed by atoms with Crippen molar-refractivity contribution in [1.82, 2.24) is 0 Å². The lowest BCUT2D eigenvalue weighted by atomic mass is 10.1. The van der Waals surface area contributed by atoms with Crippen LogP contribution in [0.15, 0.2) is 41.3 Å². The summed E-state index contributed by atoms with van der Waals surface area (Å²) in [4.78, 5) is 0.395. The Kier molecular flexibility index (Phi) is 3.22. The zero-order chi connectivity index (χ0) is 15.3. The molecule has 0 saturated heterocycles. The average molecular weight is 305 g/mol. The second-order valence-corrected chi connectivity index (χ2v) is 8.00. The van der Waals surface area contributed by atoms with E-state index in [0.29, 0.717) is 18.0 Å². The van der Waals surface area contributed by atoms with Crippen molar-refractivity contribution in [3.8, 4) is 0 Å². The highest BCUT2D eigenvalue weighted by molar-refractivity contribution is 7.93. The summed E-state index contributed by atoms with van der Waals surface area (Å²) in [5.74, 6) is 0. The molecule has 1 aliphatic heterocycles. The van der Waals surface area contributed by atoms with Crippen molar-refractivity contribution < 1.29 is 13.2 Å². The second-order valence-electron chi connectivity index (χ2n) is 6.17. The molecule has 5 heteroatoms. The van der Waals surface area contributed by atoms with Gasteiger partial charge in [0.05, 0.1) is 29.3 Å². The number of rotatable bonds is 3. The average Bonchev–Trinajstić information content (AvgIpc) is 2.61. The smallest absolute Gasteiger partial charge is 0.265 e. The maximum atomic E-state index is 12.7. The van der Waals surface area contributed by atoms with Gasteiger partial charge in [-0.15, -0.1) is 0 Å². The van der Waals surface area contributed by atoms with Gasteiger partial charge in [-0.1, -0.05) is 24.3 Å². The highest BCUT2D eigenvalue weighted by Gasteiger charge is 2.35. The first kappa shape index (κ1) is 14.4. The lowest BCUT2D eigenvalue weighted by Gasteiger charge is -2.23. The van der Waals surface area contributed by atoms with Gasteiger partial charge in [0.15, 0.2) is 0 Å². The summed E-state index contributed by atoms with van der Waals surface area (Å²) in [6.45, 7) is 6.57. The van der Waals surface area contributed by atoms with Gasteiger partial charge in [-0.25, -0.2) is 8.42 Å². The number of ether oxygens (including phenoxy) is 1. The SMILES string of the molecule is CC(C)(C)OCCN1c2cccc3cccc(c23)S1(=O)=O. The third kappa shape index (κ3) is 2.40. The lowest BCUT2D eigenvalue weighted by Crippen LogP contribution is -2.33. The molecule has 0 amide bonds. The minimum Gasteiger partial charge on any atom is -0.374 e. The molecule has 0 bridgehead atoms. The van der Waals surface area contributed by atoms with Gasteiger partial charge in [-0.2, -0.15) is 0 Å². The normalized spacial score (nSPS) is 16.6. The Morgan fingerprint density at radius 3 is 2.43 bits per heavy atom. The van der Waals surface area contributed by atoms with Gasteiger partial charge in [-0.05, 0) is 38.3 Å². The summed E-state index contributed by atoms with van der Waals surface area (Å²) in [7, 11) is -3.46. The lowest BCUT2D eigenvalue weighted by molar-refractivity contribution is 0.00235. The monoisotopic (exact) mass is 305 g/mol. The minimum atomic E-state index is -3.46. The van der Waals surface area contributed by atoms with Crippen LogP contribution in [0.1, 0.15) is 20.8 Å². The molecule has 0 aromatic heterocycles. The van der Waals surface area contributed by atoms with E-state index >= 15 is 0 Å². The van der Waals surface area contributed by atoms with E-state index in [9.17, 15) is 8.42 Å². The van der Waals surface area contributed by atoms with Gasteiger partial charge in [-0.3, -0.25) is 4.31 Å². The molecular formula is C16H19NO3S. The Morgan fingerprint density at radius 2 is 1.76 bits per heavy atom. The molecule has 0 N–H and O–H groups in total. The van der Waals surface area contributed by atoms with E-state index in [1.54, 1.807) is 12.1 Å². The van der Waals surface area contributed by atoms with Crippen LogP contribution in [0.2, 0.25) is 0 Å². The van der Waals surface area contributed by atoms with E-state index in [1.807, 2.05) is 45.0 Å². The summed E-state index contributed by atoms with van der Waals surface area (Å²) in [6, 6.07) is 11.1. The van der Waals surface area contributed by atoms with Crippen LogP contribution in [0, 0.1) is 0 Å². The predicted octanol–water partition coefficient (Wildman–Crippen LogP) is 3.16. The van der Waals surface area contributed by atoms with Crippen LogP contribution in [0.5, 0.6) is 0 Å². The largest absolute Gasteiger partial charge is 0.374 e. The molecule has 0 spiro atoms. The van der Waals surface area contributed by atoms with E-state index < -0.39 is 10.0 Å². The first-order valence-electron chi connectivity index (χ1n) is 6.99. The van der Waals surface area contributed by atoms with Gasteiger partial charge < -0.3 is 4.74 Å². The Hall–Kier alpha value is -1.59. The topological polar surface area (TPSA) is 46.6 Å². The fourth-order valence-corrected chi connectivity index (χ4v) is 4.33. The van der Waals surface area contributed by atoms with Crippen molar-refractivity contribution in [2.24, 2.45) is 0 Å². The van der Waals surface area contributed by atoms with Crippen LogP contribution in [0.4, 0.5) is 5.69 Å². The fourth-order valence-electron chi connectivity index (χ4n) is 2.63. The molecule has 2 aromatic carbocycles. The summed E-state index contributed by atoms with van der Waals surface area (Å²) >= 11 is 0. The summed E-state index contributed by atoms with van der Waals surface area (Å²) in [5, 5.41) is 1.77. The molecule has 0 unspecified atom stereocenters. The van der Waals surface area contributed by atoms with Crippen LogP contribution in [-0.4, -0.2) is 27.2 Å². The molecule has 0 radical (unpaired) electrons. The zero-order valence-corrected chi connectivity index (χ0v) is 13.3. The molecule has 0 saturated carbocycles. The van der Waals surface area contributed by atoms with Crippen LogP contribution in [0.25, 0.3) is 10.8 Å². The molecule has 21 heavy (non-hydrogen) atoms. The van der Waals surface area contributed by atoms with Gasteiger partial charge in [0.1, 0.15) is 0 Å². The van der Waals surface area contributed by atoms with Crippen LogP contribution >= 0.6 is 0 Å². The van der Waals surface area contributed by atoms with Crippen molar-refractivity contribution in [3.05, 3.63) is 36.4 Å². The molecule has 0 aliphatic carbocycles. The molecule has 0 atom stereocenters. The molecule has 0 fully saturated rings. The number of hydrogen-bond acceptors (Lipinski definition) is 3. The molecule has 1 aliphatic rings. The maximum Gasteiger partial charge on any atom is 0.265 e. The van der Waals surface area contributed by atoms with Crippen LogP contribution < -0.4 is 4.31 Å². The Balaban J connectivity index is 1.99. The van der Waals surface area contributed by atoms with E-state index in [0.717, 1.165) is 16.5 Å². The molecule has 112 valence electrons. The number of nitrogens with zero attached hydrogens (tertiary/aromatic N) is 1. The summed E-state index contributed by atoms with van der Waals surface area (Å²) in [5.41, 5.74) is 0.475. The highest BCUT2D eigenvalue weighted by atomic mass is 32.2. The molecule has 4 nitrogen and oxygen atoms in total. The Labute approximate surface area is 125 Å². The molecule has 1 heterocycles. The van der Waals surface area contributed by atoms with Crippen molar-refractivity contribution in [3.63, 3.8) is 0 Å². The van der Waals surface area contributed by atoms with E-state index in [-0.39, 0.29) is 5.60 Å². The maximum absolute atomic E-state index is 12.7. The predicted molar refractivity (Wildman–Crippen MR) is 84.2 cm³/mol. The Bertz CT molecular complexity index is 786. The van der Waals surface area contributed by atoms with Crippen molar-refractivity contribution in [1.29, 1.82) is 0 Å². The van der Waals surface area contributed by atoms with Crippen molar-refractivity contribution in [2.75, 3.05) is 17.5 Å².